The summed E-state index contributed by atoms with van der Waals surface area (Å²) in [6.45, 7) is 1.20. The Morgan fingerprint density at radius 3 is 2.83 bits per heavy atom. The highest BCUT2D eigenvalue weighted by Crippen LogP contribution is 2.24. The van der Waals surface area contributed by atoms with Gasteiger partial charge in [0.15, 0.2) is 0 Å². The maximum absolute atomic E-state index is 11.7. The number of methoxy groups -OCH3 is 1. The lowest BCUT2D eigenvalue weighted by Gasteiger charge is -2.23. The predicted octanol–water partition coefficient (Wildman–Crippen LogP) is 3.22. The maximum Gasteiger partial charge on any atom is 0.121 e. The third-order valence-corrected chi connectivity index (χ3v) is 6.15. The van der Waals surface area contributed by atoms with Crippen LogP contribution in [0.3, 0.4) is 0 Å². The highest BCUT2D eigenvalue weighted by Gasteiger charge is 2.21. The lowest BCUT2D eigenvalue weighted by atomic mass is 10.0. The van der Waals surface area contributed by atoms with E-state index >= 15 is 0 Å². The topological polar surface area (TPSA) is 72.3 Å². The molecular weight excluding hydrogens is 312 g/mol. The minimum absolute atomic E-state index is 0.420. The second-order valence-electron chi connectivity index (χ2n) is 6.03. The van der Waals surface area contributed by atoms with Crippen LogP contribution in [-0.2, 0) is 21.1 Å². The van der Waals surface area contributed by atoms with Gasteiger partial charge in [-0.2, -0.15) is 0 Å². The molecule has 1 aromatic heterocycles. The first-order valence-corrected chi connectivity index (χ1v) is 9.70. The van der Waals surface area contributed by atoms with E-state index in [2.05, 4.69) is 4.98 Å². The van der Waals surface area contributed by atoms with Crippen molar-refractivity contribution in [2.45, 2.75) is 19.4 Å². The molecule has 0 bridgehead atoms. The van der Waals surface area contributed by atoms with Gasteiger partial charge in [-0.3, -0.25) is 9.76 Å². The van der Waals surface area contributed by atoms with Gasteiger partial charge < -0.3 is 9.47 Å². The Morgan fingerprint density at radius 1 is 1.30 bits per heavy atom. The zero-order valence-corrected chi connectivity index (χ0v) is 14.1. The van der Waals surface area contributed by atoms with Gasteiger partial charge in [0.1, 0.15) is 5.75 Å². The molecule has 1 aliphatic heterocycles. The summed E-state index contributed by atoms with van der Waals surface area (Å²) in [6, 6.07) is 7.84. The van der Waals surface area contributed by atoms with Crippen molar-refractivity contribution in [2.24, 2.45) is 5.92 Å². The molecule has 1 aromatic carbocycles. The van der Waals surface area contributed by atoms with Gasteiger partial charge in [-0.05, 0) is 42.5 Å². The van der Waals surface area contributed by atoms with Gasteiger partial charge in [0.25, 0.3) is 0 Å². The lowest BCUT2D eigenvalue weighted by Crippen LogP contribution is -2.25. The molecule has 0 radical (unpaired) electrons. The monoisotopic (exact) mass is 334 g/mol. The molecule has 23 heavy (non-hydrogen) atoms. The smallest absolute Gasteiger partial charge is 0.121 e. The van der Waals surface area contributed by atoms with Crippen molar-refractivity contribution in [3.8, 4) is 5.75 Å². The highest BCUT2D eigenvalue weighted by molar-refractivity contribution is 7.92. The molecule has 1 fully saturated rings. The first-order chi connectivity index (χ1) is 11.1. The van der Waals surface area contributed by atoms with E-state index in [4.69, 9.17) is 14.3 Å². The van der Waals surface area contributed by atoms with Crippen LogP contribution in [0.25, 0.3) is 10.9 Å². The third-order valence-electron chi connectivity index (χ3n) is 4.36. The molecule has 0 saturated carbocycles. The molecule has 3 rings (SSSR count). The highest BCUT2D eigenvalue weighted by atomic mass is 32.2. The number of pyridine rings is 1. The zero-order chi connectivity index (χ0) is 16.3. The fourth-order valence-corrected chi connectivity index (χ4v) is 4.53. The van der Waals surface area contributed by atoms with E-state index in [9.17, 15) is 4.21 Å². The SMILES string of the molecule is COc1ccc2c(COCC3CCS(=N)(=O)CC3)ccnc2c1. The van der Waals surface area contributed by atoms with Crippen molar-refractivity contribution in [2.75, 3.05) is 25.2 Å². The van der Waals surface area contributed by atoms with E-state index in [-0.39, 0.29) is 0 Å². The van der Waals surface area contributed by atoms with Crippen molar-refractivity contribution in [3.63, 3.8) is 0 Å². The fraction of sp³-hybridized carbons (Fsp3) is 0.471. The van der Waals surface area contributed by atoms with Crippen LogP contribution in [0.5, 0.6) is 5.75 Å². The van der Waals surface area contributed by atoms with Crippen LogP contribution < -0.4 is 4.74 Å². The molecule has 0 atom stereocenters. The summed E-state index contributed by atoms with van der Waals surface area (Å²) in [4.78, 5) is 4.38. The van der Waals surface area contributed by atoms with Gasteiger partial charge in [0.2, 0.25) is 0 Å². The molecule has 124 valence electrons. The average Bonchev–Trinajstić information content (AvgIpc) is 2.56. The van der Waals surface area contributed by atoms with Crippen molar-refractivity contribution in [1.82, 2.24) is 4.98 Å². The van der Waals surface area contributed by atoms with Crippen LogP contribution in [0, 0.1) is 10.7 Å². The van der Waals surface area contributed by atoms with Gasteiger partial charge in [-0.15, -0.1) is 0 Å². The summed E-state index contributed by atoms with van der Waals surface area (Å²) in [5.74, 6) is 2.24. The van der Waals surface area contributed by atoms with E-state index in [0.29, 0.717) is 30.6 Å². The number of fused-ring (bicyclic) bond motifs is 1. The molecule has 5 nitrogen and oxygen atoms in total. The molecule has 0 amide bonds. The Hall–Kier alpha value is -1.66. The van der Waals surface area contributed by atoms with Crippen LogP contribution in [0.2, 0.25) is 0 Å². The zero-order valence-electron chi connectivity index (χ0n) is 13.3. The molecule has 6 heteroatoms. The second-order valence-corrected chi connectivity index (χ2v) is 8.47. The number of hydrogen-bond acceptors (Lipinski definition) is 5. The Morgan fingerprint density at radius 2 is 2.09 bits per heavy atom. The normalized spacial score (nSPS) is 24.7. The van der Waals surface area contributed by atoms with Crippen LogP contribution >= 0.6 is 0 Å². The van der Waals surface area contributed by atoms with Crippen LogP contribution in [0.1, 0.15) is 18.4 Å². The first-order valence-electron chi connectivity index (χ1n) is 7.81. The Balaban J connectivity index is 1.61. The molecule has 0 unspecified atom stereocenters. The van der Waals surface area contributed by atoms with Gasteiger partial charge in [-0.25, -0.2) is 4.21 Å². The molecule has 0 spiro atoms. The van der Waals surface area contributed by atoms with Gasteiger partial charge >= 0.3 is 0 Å². The van der Waals surface area contributed by atoms with Crippen molar-refractivity contribution in [3.05, 3.63) is 36.0 Å². The molecule has 1 aliphatic rings. The fourth-order valence-electron chi connectivity index (χ4n) is 2.90. The summed E-state index contributed by atoms with van der Waals surface area (Å²) in [6.07, 6.45) is 3.45. The molecule has 1 N–H and O–H groups in total. The van der Waals surface area contributed by atoms with E-state index in [0.717, 1.165) is 35.1 Å². The summed E-state index contributed by atoms with van der Waals surface area (Å²) in [5.41, 5.74) is 2.01. The van der Waals surface area contributed by atoms with Crippen molar-refractivity contribution in [1.29, 1.82) is 4.78 Å². The van der Waals surface area contributed by atoms with Crippen LogP contribution in [0.4, 0.5) is 0 Å². The van der Waals surface area contributed by atoms with E-state index in [1.54, 1.807) is 13.3 Å². The van der Waals surface area contributed by atoms with Gasteiger partial charge in [-0.1, -0.05) is 0 Å². The summed E-state index contributed by atoms with van der Waals surface area (Å²) in [7, 11) is -0.658. The number of nitrogens with zero attached hydrogens (tertiary/aromatic N) is 1. The number of hydrogen-bond donors (Lipinski definition) is 1. The first kappa shape index (κ1) is 16.2. The molecule has 2 heterocycles. The minimum Gasteiger partial charge on any atom is -0.497 e. The second kappa shape index (κ2) is 6.84. The number of benzene rings is 1. The minimum atomic E-state index is -2.30. The number of ether oxygens (including phenoxy) is 2. The quantitative estimate of drug-likeness (QED) is 0.911. The standard InChI is InChI=1S/C17H22N2O3S/c1-21-15-2-3-16-14(4-7-19-17(16)10-15)12-22-11-13-5-8-23(18,20)9-6-13/h2-4,7,10,13,18H,5-6,8-9,11-12H2,1H3. The maximum atomic E-state index is 11.7. The van der Waals surface area contributed by atoms with E-state index in [1.807, 2.05) is 24.3 Å². The van der Waals surface area contributed by atoms with Crippen LogP contribution in [-0.4, -0.2) is 34.4 Å². The van der Waals surface area contributed by atoms with Crippen molar-refractivity contribution < 1.29 is 13.7 Å². The molecule has 0 aliphatic carbocycles. The molecular formula is C17H22N2O3S. The summed E-state index contributed by atoms with van der Waals surface area (Å²) in [5, 5.41) is 1.08. The number of nitrogens with one attached hydrogen (secondary N) is 1. The lowest BCUT2D eigenvalue weighted by molar-refractivity contribution is 0.0845. The van der Waals surface area contributed by atoms with E-state index in [1.165, 1.54) is 0 Å². The van der Waals surface area contributed by atoms with E-state index < -0.39 is 9.73 Å². The summed E-state index contributed by atoms with van der Waals surface area (Å²) < 4.78 is 30.4. The number of aromatic nitrogens is 1. The van der Waals surface area contributed by atoms with Gasteiger partial charge in [0.05, 0.1) is 19.2 Å². The largest absolute Gasteiger partial charge is 0.497 e. The predicted molar refractivity (Wildman–Crippen MR) is 91.3 cm³/mol. The molecule has 2 aromatic rings. The molecule has 1 saturated heterocycles. The van der Waals surface area contributed by atoms with Gasteiger partial charge in [0, 0.05) is 45.5 Å². The third kappa shape index (κ3) is 4.00. The average molecular weight is 334 g/mol. The van der Waals surface area contributed by atoms with Crippen molar-refractivity contribution >= 4 is 20.6 Å². The van der Waals surface area contributed by atoms with Crippen LogP contribution in [0.15, 0.2) is 30.5 Å². The Bertz CT molecular complexity index is 776. The summed E-state index contributed by atoms with van der Waals surface area (Å²) >= 11 is 0. The Labute approximate surface area is 137 Å². The number of rotatable bonds is 5. The Kier molecular flexibility index (Phi) is 4.82.